The number of piperazine rings is 1. The average Bonchev–Trinajstić information content (AvgIpc) is 1.72. The van der Waals surface area contributed by atoms with Crippen molar-refractivity contribution >= 4 is 51.2 Å². The number of aryl methyl sites for hydroxylation is 2. The molecule has 3 amide bonds. The lowest BCUT2D eigenvalue weighted by Gasteiger charge is -2.36. The Bertz CT molecular complexity index is 4060. The quantitative estimate of drug-likeness (QED) is 0.0678. The van der Waals surface area contributed by atoms with E-state index in [0.29, 0.717) is 69.2 Å². The van der Waals surface area contributed by atoms with Gasteiger partial charge in [-0.3, -0.25) is 19.3 Å². The van der Waals surface area contributed by atoms with Crippen LogP contribution in [0.2, 0.25) is 0 Å². The molecule has 4 aliphatic rings. The summed E-state index contributed by atoms with van der Waals surface area (Å²) in [5, 5.41) is 39.4. The number of aromatic nitrogens is 8. The third-order valence-electron chi connectivity index (χ3n) is 17.3. The van der Waals surface area contributed by atoms with E-state index in [1.807, 2.05) is 113 Å². The number of anilines is 1. The minimum Gasteiger partial charge on any atom is -0.486 e. The van der Waals surface area contributed by atoms with Crippen molar-refractivity contribution in [2.75, 3.05) is 44.9 Å². The number of β-amino-alcohol motifs (C(OH)–C–C–N with tert-alkyl or cyclic N) is 1. The standard InChI is InChI=1S/C67H75FN12O9/c1-36(2)60(64(84)79-30-47(82)25-56(79)63(83)70-55(33-81)44-21-19-41(20-22-44)48-12-11-23-69-39(48)5)80-32-54(73-75-80)43-15-13-40(14-16-43)35-87-61-58(57-38(4)52(68)27-53-51(57)31-76(9)74-53)49(42-17-18-42)26-50-59(61)71-65(88-34-37(3)86-10)72-62(50)77-28-46-24-45(77)29-78(46)66(85)89-67(6,7)8/h11-16,19-23,26-27,31-32,37,42,45-47,55-56,81-82H,17-18,24-25,28-30,33-35H2,1-10H3,(H,70,83)/t37-,45-,46-,47+,55-,56-/m0/s1. The molecule has 1 aliphatic carbocycles. The summed E-state index contributed by atoms with van der Waals surface area (Å²) in [5.41, 5.74) is 9.30. The van der Waals surface area contributed by atoms with E-state index in [0.717, 1.165) is 63.5 Å². The lowest BCUT2D eigenvalue weighted by atomic mass is 9.88. The summed E-state index contributed by atoms with van der Waals surface area (Å²) >= 11 is 0. The highest BCUT2D eigenvalue weighted by atomic mass is 19.1. The average molecular weight is 1210 g/mol. The molecular weight excluding hydrogens is 1140 g/mol. The lowest BCUT2D eigenvalue weighted by Crippen LogP contribution is -2.50. The molecule has 4 aromatic carbocycles. The first-order valence-electron chi connectivity index (χ1n) is 30.3. The van der Waals surface area contributed by atoms with Crippen molar-refractivity contribution in [2.45, 2.75) is 136 Å². The predicted octanol–water partition coefficient (Wildman–Crippen LogP) is 9.39. The molecular formula is C67H75FN12O9. The molecule has 6 atom stereocenters. The maximum absolute atomic E-state index is 16.4. The second-order valence-electron chi connectivity index (χ2n) is 25.2. The van der Waals surface area contributed by atoms with Crippen molar-refractivity contribution < 1.29 is 47.9 Å². The number of benzene rings is 4. The smallest absolute Gasteiger partial charge is 0.410 e. The highest BCUT2D eigenvalue weighted by Crippen LogP contribution is 2.54. The van der Waals surface area contributed by atoms with Crippen LogP contribution in [0.15, 0.2) is 97.0 Å². The Morgan fingerprint density at radius 2 is 1.63 bits per heavy atom. The number of pyridine rings is 1. The van der Waals surface area contributed by atoms with Gasteiger partial charge in [-0.25, -0.2) is 13.9 Å². The van der Waals surface area contributed by atoms with E-state index < -0.39 is 48.0 Å². The van der Waals surface area contributed by atoms with Gasteiger partial charge in [-0.15, -0.1) is 5.10 Å². The molecule has 4 fully saturated rings. The Morgan fingerprint density at radius 1 is 0.876 bits per heavy atom. The number of hydrogen-bond donors (Lipinski definition) is 3. The number of carbonyl (C=O) groups is 3. The maximum atomic E-state index is 16.4. The number of halogens is 1. The van der Waals surface area contributed by atoms with Crippen LogP contribution in [0, 0.1) is 19.7 Å². The van der Waals surface area contributed by atoms with Gasteiger partial charge in [0.2, 0.25) is 5.91 Å². The third kappa shape index (κ3) is 12.1. The second-order valence-corrected chi connectivity index (χ2v) is 25.2. The van der Waals surface area contributed by atoms with Crippen LogP contribution in [0.4, 0.5) is 15.0 Å². The number of amides is 3. The molecule has 3 aliphatic heterocycles. The van der Waals surface area contributed by atoms with Gasteiger partial charge in [0, 0.05) is 97.4 Å². The summed E-state index contributed by atoms with van der Waals surface area (Å²) in [6, 6.07) is 20.7. The van der Waals surface area contributed by atoms with E-state index >= 15 is 4.39 Å². The Labute approximate surface area is 515 Å². The minimum atomic E-state index is -1.04. The van der Waals surface area contributed by atoms with Crippen LogP contribution in [0.3, 0.4) is 0 Å². The van der Waals surface area contributed by atoms with Crippen LogP contribution in [-0.2, 0) is 32.7 Å². The van der Waals surface area contributed by atoms with Gasteiger partial charge >= 0.3 is 12.1 Å². The molecule has 21 nitrogen and oxygen atoms in total. The van der Waals surface area contributed by atoms with E-state index in [1.54, 1.807) is 45.0 Å². The van der Waals surface area contributed by atoms with Gasteiger partial charge in [0.1, 0.15) is 53.4 Å². The van der Waals surface area contributed by atoms with E-state index in [9.17, 15) is 24.6 Å². The summed E-state index contributed by atoms with van der Waals surface area (Å²) in [5.74, 6) is -0.220. The number of nitrogens with zero attached hydrogens (tertiary/aromatic N) is 11. The van der Waals surface area contributed by atoms with Crippen molar-refractivity contribution in [1.82, 2.24) is 54.8 Å². The summed E-state index contributed by atoms with van der Waals surface area (Å²) in [4.78, 5) is 62.3. The Morgan fingerprint density at radius 3 is 2.30 bits per heavy atom. The first kappa shape index (κ1) is 60.4. The molecule has 0 radical (unpaired) electrons. The molecule has 3 saturated heterocycles. The highest BCUT2D eigenvalue weighted by molar-refractivity contribution is 6.15. The fraction of sp³-hybridized carbons (Fsp3) is 0.418. The topological polar surface area (TPSA) is 238 Å². The fourth-order valence-electron chi connectivity index (χ4n) is 12.6. The molecule has 12 rings (SSSR count). The number of fused-ring (bicyclic) bond motifs is 4. The molecule has 0 unspecified atom stereocenters. The van der Waals surface area contributed by atoms with Crippen LogP contribution >= 0.6 is 0 Å². The molecule has 3 N–H and O–H groups in total. The number of aliphatic hydroxyl groups excluding tert-OH is 2. The van der Waals surface area contributed by atoms with Gasteiger partial charge in [-0.1, -0.05) is 59.8 Å². The molecule has 2 bridgehead atoms. The highest BCUT2D eigenvalue weighted by Gasteiger charge is 2.48. The van der Waals surface area contributed by atoms with Crippen LogP contribution in [0.5, 0.6) is 11.8 Å². The monoisotopic (exact) mass is 1210 g/mol. The van der Waals surface area contributed by atoms with Crippen LogP contribution in [0.1, 0.15) is 107 Å². The minimum absolute atomic E-state index is 0.00149. The number of methoxy groups -OCH3 is 1. The second kappa shape index (κ2) is 24.3. The first-order chi connectivity index (χ1) is 42.6. The lowest BCUT2D eigenvalue weighted by molar-refractivity contribution is -0.135. The number of hydrogen-bond acceptors (Lipinski definition) is 16. The van der Waals surface area contributed by atoms with Crippen molar-refractivity contribution in [3.05, 3.63) is 131 Å². The van der Waals surface area contributed by atoms with Gasteiger partial charge in [0.15, 0.2) is 5.75 Å². The van der Waals surface area contributed by atoms with Crippen LogP contribution < -0.4 is 19.7 Å². The molecule has 8 aromatic rings. The maximum Gasteiger partial charge on any atom is 0.410 e. The largest absolute Gasteiger partial charge is 0.486 e. The summed E-state index contributed by atoms with van der Waals surface area (Å²) in [7, 11) is 3.43. The number of rotatable bonds is 18. The van der Waals surface area contributed by atoms with Crippen molar-refractivity contribution in [2.24, 2.45) is 7.05 Å². The first-order valence-corrected chi connectivity index (χ1v) is 30.3. The van der Waals surface area contributed by atoms with Crippen LogP contribution in [-0.4, -0.2) is 154 Å². The number of nitrogens with one attached hydrogen (secondary N) is 1. The zero-order chi connectivity index (χ0) is 62.7. The molecule has 7 heterocycles. The number of allylic oxidation sites excluding steroid dienone is 1. The number of carbonyl (C=O) groups excluding carboxylic acids is 3. The normalized spacial score (nSPS) is 18.9. The van der Waals surface area contributed by atoms with Gasteiger partial charge < -0.3 is 49.2 Å². The Balaban J connectivity index is 0.839. The van der Waals surface area contributed by atoms with Crippen LogP contribution in [0.25, 0.3) is 61.0 Å². The number of likely N-dealkylation sites (tertiary alicyclic amines) is 2. The molecule has 0 spiro atoms. The Kier molecular flexibility index (Phi) is 16.5. The van der Waals surface area contributed by atoms with E-state index in [2.05, 4.69) is 36.7 Å². The van der Waals surface area contributed by atoms with Crippen molar-refractivity contribution in [3.63, 3.8) is 0 Å². The fourth-order valence-corrected chi connectivity index (χ4v) is 12.6. The molecule has 4 aromatic heterocycles. The summed E-state index contributed by atoms with van der Waals surface area (Å²) in [6.07, 6.45) is 6.26. The summed E-state index contributed by atoms with van der Waals surface area (Å²) < 4.78 is 44.4. The zero-order valence-corrected chi connectivity index (χ0v) is 51.8. The molecule has 1 saturated carbocycles. The predicted molar refractivity (Wildman–Crippen MR) is 333 cm³/mol. The zero-order valence-electron chi connectivity index (χ0n) is 51.8. The SMILES string of the molecule is CO[C@@H](C)COc1nc(N2C[C@@H]3C[C@H]2CN3C(=O)OC(C)(C)C)c2cc(C3CC3)c(-c3c(C)c(F)cc4nn(C)cc34)c(OCc3ccc(-c4cn(C(C(=O)N5C[C@H](O)C[C@H]5C(=O)N[C@@H](CO)c5ccc(-c6cccnc6C)cc5)=C(C)C)nn4)cc3)c2n1. The molecule has 22 heteroatoms. The molecule has 89 heavy (non-hydrogen) atoms. The van der Waals surface area contributed by atoms with Gasteiger partial charge in [-0.2, -0.15) is 15.1 Å². The van der Waals surface area contributed by atoms with E-state index in [4.69, 9.17) is 28.9 Å². The molecule has 464 valence electrons. The number of aliphatic hydroxyl groups is 2. The van der Waals surface area contributed by atoms with Gasteiger partial charge in [0.25, 0.3) is 5.91 Å². The number of ether oxygens (including phenoxy) is 4. The van der Waals surface area contributed by atoms with E-state index in [1.165, 1.54) is 15.6 Å². The third-order valence-corrected chi connectivity index (χ3v) is 17.3. The van der Waals surface area contributed by atoms with Gasteiger partial charge in [0.05, 0.1) is 48.7 Å². The Hall–Kier alpha value is -8.86. The van der Waals surface area contributed by atoms with Crippen molar-refractivity contribution in [3.8, 4) is 45.3 Å². The van der Waals surface area contributed by atoms with E-state index in [-0.39, 0.29) is 68.1 Å². The van der Waals surface area contributed by atoms with Gasteiger partial charge in [-0.05, 0) is 126 Å². The van der Waals surface area contributed by atoms with Crippen molar-refractivity contribution in [1.29, 1.82) is 0 Å². The summed E-state index contributed by atoms with van der Waals surface area (Å²) in [6.45, 7) is 15.4.